The molecule has 0 fully saturated rings. The molecule has 1 aliphatic rings. The fraction of sp³-hybridized carbons (Fsp3) is 0.304. The Morgan fingerprint density at radius 2 is 1.93 bits per heavy atom. The Hall–Kier alpha value is -3.08. The number of aromatic nitrogens is 2. The van der Waals surface area contributed by atoms with Crippen molar-refractivity contribution in [1.82, 2.24) is 14.7 Å². The van der Waals surface area contributed by atoms with Crippen molar-refractivity contribution in [2.75, 3.05) is 5.32 Å². The third-order valence-electron chi connectivity index (χ3n) is 5.45. The number of nitrogens with one attached hydrogen (secondary N) is 1. The van der Waals surface area contributed by atoms with Crippen LogP contribution in [0.2, 0.25) is 0 Å². The van der Waals surface area contributed by atoms with Gasteiger partial charge in [0.15, 0.2) is 0 Å². The second-order valence-corrected chi connectivity index (χ2v) is 7.59. The van der Waals surface area contributed by atoms with Gasteiger partial charge in [0.1, 0.15) is 5.82 Å². The summed E-state index contributed by atoms with van der Waals surface area (Å²) in [5.41, 5.74) is 5.83. The molecule has 0 saturated heterocycles. The molecule has 28 heavy (non-hydrogen) atoms. The average molecular weight is 374 g/mol. The van der Waals surface area contributed by atoms with Crippen molar-refractivity contribution >= 4 is 11.8 Å². The van der Waals surface area contributed by atoms with Crippen LogP contribution < -0.4 is 5.32 Å². The van der Waals surface area contributed by atoms with E-state index in [0.717, 1.165) is 24.1 Å². The van der Waals surface area contributed by atoms with E-state index < -0.39 is 0 Å². The Balaban J connectivity index is 1.64. The number of carbonyl (C=O) groups is 1. The van der Waals surface area contributed by atoms with Gasteiger partial charge in [0.05, 0.1) is 11.7 Å². The van der Waals surface area contributed by atoms with Crippen molar-refractivity contribution in [2.24, 2.45) is 7.05 Å². The predicted octanol–water partition coefficient (Wildman–Crippen LogP) is 4.76. The Labute approximate surface area is 166 Å². The summed E-state index contributed by atoms with van der Waals surface area (Å²) in [7, 11) is 1.85. The number of hydrogen-bond donors (Lipinski definition) is 1. The number of rotatable bonds is 4. The van der Waals surface area contributed by atoms with Crippen molar-refractivity contribution in [3.8, 4) is 0 Å². The molecule has 0 unspecified atom stereocenters. The lowest BCUT2D eigenvalue weighted by molar-refractivity contribution is 0.183. The lowest BCUT2D eigenvalue weighted by Gasteiger charge is -2.30. The maximum absolute atomic E-state index is 13.3. The van der Waals surface area contributed by atoms with Gasteiger partial charge >= 0.3 is 6.03 Å². The fourth-order valence-corrected chi connectivity index (χ4v) is 3.98. The lowest BCUT2D eigenvalue weighted by atomic mass is 10.1. The molecular formula is C23H26N4O. The highest BCUT2D eigenvalue weighted by molar-refractivity contribution is 5.89. The van der Waals surface area contributed by atoms with Crippen LogP contribution in [0.5, 0.6) is 0 Å². The van der Waals surface area contributed by atoms with Gasteiger partial charge in [-0.3, -0.25) is 10.00 Å². The summed E-state index contributed by atoms with van der Waals surface area (Å²) < 4.78 is 1.71. The molecule has 0 aliphatic heterocycles. The molecule has 3 aromatic rings. The van der Waals surface area contributed by atoms with E-state index in [1.165, 1.54) is 16.7 Å². The maximum Gasteiger partial charge on any atom is 0.323 e. The summed E-state index contributed by atoms with van der Waals surface area (Å²) in [5.74, 6) is 0.711. The van der Waals surface area contributed by atoms with Crippen LogP contribution in [0.15, 0.2) is 54.6 Å². The number of urea groups is 1. The number of benzene rings is 2. The van der Waals surface area contributed by atoms with Crippen molar-refractivity contribution < 1.29 is 4.79 Å². The van der Waals surface area contributed by atoms with E-state index in [1.54, 1.807) is 4.68 Å². The van der Waals surface area contributed by atoms with E-state index in [2.05, 4.69) is 65.9 Å². The van der Waals surface area contributed by atoms with Crippen LogP contribution in [0, 0.1) is 13.8 Å². The van der Waals surface area contributed by atoms with Crippen molar-refractivity contribution in [1.29, 1.82) is 0 Å². The minimum atomic E-state index is -0.0923. The lowest BCUT2D eigenvalue weighted by Crippen LogP contribution is -2.37. The molecule has 0 spiro atoms. The standard InChI is InChI=1S/C23H26N4O/c1-16-8-10-18(11-9-16)15-27(21-13-12-19-6-4-5-7-20(19)21)23(28)24-22-14-17(2)25-26(22)3/h4-11,14,21H,12-13,15H2,1-3H3,(H,24,28)/t21-/m0/s1. The van der Waals surface area contributed by atoms with Gasteiger partial charge in [-0.1, -0.05) is 54.1 Å². The van der Waals surface area contributed by atoms with E-state index in [1.807, 2.05) is 24.9 Å². The van der Waals surface area contributed by atoms with Crippen LogP contribution in [0.3, 0.4) is 0 Å². The highest BCUT2D eigenvalue weighted by Crippen LogP contribution is 2.36. The molecule has 2 amide bonds. The third-order valence-corrected chi connectivity index (χ3v) is 5.45. The van der Waals surface area contributed by atoms with Gasteiger partial charge in [0, 0.05) is 19.7 Å². The number of aryl methyl sites for hydroxylation is 4. The quantitative estimate of drug-likeness (QED) is 0.716. The molecule has 5 nitrogen and oxygen atoms in total. The summed E-state index contributed by atoms with van der Waals surface area (Å²) in [5, 5.41) is 7.39. The minimum Gasteiger partial charge on any atom is -0.313 e. The Morgan fingerprint density at radius 1 is 1.18 bits per heavy atom. The van der Waals surface area contributed by atoms with Crippen LogP contribution in [0.4, 0.5) is 10.6 Å². The molecule has 1 aromatic heterocycles. The van der Waals surface area contributed by atoms with Crippen molar-refractivity contribution in [3.63, 3.8) is 0 Å². The van der Waals surface area contributed by atoms with Crippen LogP contribution in [-0.4, -0.2) is 20.7 Å². The van der Waals surface area contributed by atoms with Crippen molar-refractivity contribution in [2.45, 2.75) is 39.3 Å². The van der Waals surface area contributed by atoms with Gasteiger partial charge in [0.25, 0.3) is 0 Å². The first-order chi connectivity index (χ1) is 13.5. The number of carbonyl (C=O) groups excluding carboxylic acids is 1. The summed E-state index contributed by atoms with van der Waals surface area (Å²) in [6.45, 7) is 4.57. The SMILES string of the molecule is Cc1ccc(CN(C(=O)Nc2cc(C)nn2C)[C@H]2CCc3ccccc32)cc1. The van der Waals surface area contributed by atoms with E-state index in [9.17, 15) is 4.79 Å². The molecular weight excluding hydrogens is 348 g/mol. The summed E-state index contributed by atoms with van der Waals surface area (Å²) in [4.78, 5) is 15.3. The van der Waals surface area contributed by atoms with Gasteiger partial charge in [-0.2, -0.15) is 5.10 Å². The first-order valence-corrected chi connectivity index (χ1v) is 9.73. The maximum atomic E-state index is 13.3. The van der Waals surface area contributed by atoms with Crippen LogP contribution in [-0.2, 0) is 20.0 Å². The van der Waals surface area contributed by atoms with Crippen LogP contribution in [0.25, 0.3) is 0 Å². The molecule has 0 bridgehead atoms. The highest BCUT2D eigenvalue weighted by atomic mass is 16.2. The minimum absolute atomic E-state index is 0.0758. The average Bonchev–Trinajstić information content (AvgIpc) is 3.24. The van der Waals surface area contributed by atoms with E-state index in [4.69, 9.17) is 0 Å². The molecule has 5 heteroatoms. The molecule has 144 valence electrons. The Bertz CT molecular complexity index is 990. The van der Waals surface area contributed by atoms with Crippen LogP contribution in [0.1, 0.15) is 40.4 Å². The zero-order chi connectivity index (χ0) is 19.7. The van der Waals surface area contributed by atoms with Crippen LogP contribution >= 0.6 is 0 Å². The number of amides is 2. The summed E-state index contributed by atoms with van der Waals surface area (Å²) in [6, 6.07) is 18.7. The van der Waals surface area contributed by atoms with E-state index in [0.29, 0.717) is 12.4 Å². The van der Waals surface area contributed by atoms with Crippen molar-refractivity contribution in [3.05, 3.63) is 82.5 Å². The van der Waals surface area contributed by atoms with Gasteiger partial charge < -0.3 is 4.90 Å². The third kappa shape index (κ3) is 3.65. The van der Waals surface area contributed by atoms with Gasteiger partial charge in [-0.25, -0.2) is 4.79 Å². The topological polar surface area (TPSA) is 50.2 Å². The number of hydrogen-bond acceptors (Lipinski definition) is 2. The number of anilines is 1. The zero-order valence-corrected chi connectivity index (χ0v) is 16.6. The molecule has 0 radical (unpaired) electrons. The molecule has 4 rings (SSSR count). The smallest absolute Gasteiger partial charge is 0.313 e. The second-order valence-electron chi connectivity index (χ2n) is 7.59. The normalized spacial score (nSPS) is 15.3. The van der Waals surface area contributed by atoms with Gasteiger partial charge in [-0.05, 0) is 43.4 Å². The molecule has 1 atom stereocenters. The fourth-order valence-electron chi connectivity index (χ4n) is 3.98. The molecule has 1 N–H and O–H groups in total. The van der Waals surface area contributed by atoms with E-state index in [-0.39, 0.29) is 12.1 Å². The predicted molar refractivity (Wildman–Crippen MR) is 111 cm³/mol. The van der Waals surface area contributed by atoms with E-state index >= 15 is 0 Å². The molecule has 1 heterocycles. The first kappa shape index (κ1) is 18.3. The van der Waals surface area contributed by atoms with Gasteiger partial charge in [-0.15, -0.1) is 0 Å². The van der Waals surface area contributed by atoms with Gasteiger partial charge in [0.2, 0.25) is 0 Å². The first-order valence-electron chi connectivity index (χ1n) is 9.73. The molecule has 1 aliphatic carbocycles. The summed E-state index contributed by atoms with van der Waals surface area (Å²) >= 11 is 0. The number of nitrogens with zero attached hydrogens (tertiary/aromatic N) is 3. The molecule has 0 saturated carbocycles. The Kier molecular flexibility index (Phi) is 4.90. The monoisotopic (exact) mass is 374 g/mol. The Morgan fingerprint density at radius 3 is 2.64 bits per heavy atom. The highest BCUT2D eigenvalue weighted by Gasteiger charge is 2.31. The zero-order valence-electron chi connectivity index (χ0n) is 16.6. The largest absolute Gasteiger partial charge is 0.323 e. The summed E-state index contributed by atoms with van der Waals surface area (Å²) in [6.07, 6.45) is 1.95. The number of fused-ring (bicyclic) bond motifs is 1. The second kappa shape index (κ2) is 7.50. The molecule has 2 aromatic carbocycles.